The van der Waals surface area contributed by atoms with Gasteiger partial charge in [0, 0.05) is 13.1 Å². The molecule has 0 aromatic heterocycles. The summed E-state index contributed by atoms with van der Waals surface area (Å²) in [5, 5.41) is 28.6. The minimum absolute atomic E-state index is 0.103. The molecule has 0 saturated heterocycles. The molecule has 0 bridgehead atoms. The largest absolute Gasteiger partial charge is 0.507 e. The maximum atomic E-state index is 12.5. The predicted molar refractivity (Wildman–Crippen MR) is 74.5 cm³/mol. The SMILES string of the molecule is N#Cc1cc(O)c(C(=O)N2Cc3ccccc3C2)c(O)c1. The minimum atomic E-state index is -0.453. The molecule has 0 fully saturated rings. The van der Waals surface area contributed by atoms with Crippen LogP contribution >= 0.6 is 0 Å². The number of nitrogens with zero attached hydrogens (tertiary/aromatic N) is 2. The summed E-state index contributed by atoms with van der Waals surface area (Å²) in [6.45, 7) is 0.877. The van der Waals surface area contributed by atoms with E-state index in [1.165, 1.54) is 12.1 Å². The topological polar surface area (TPSA) is 84.6 Å². The molecule has 2 aromatic carbocycles. The van der Waals surface area contributed by atoms with Gasteiger partial charge in [-0.2, -0.15) is 5.26 Å². The zero-order valence-electron chi connectivity index (χ0n) is 11.1. The van der Waals surface area contributed by atoms with E-state index in [2.05, 4.69) is 0 Å². The normalized spacial score (nSPS) is 12.8. The summed E-state index contributed by atoms with van der Waals surface area (Å²) in [6.07, 6.45) is 0. The summed E-state index contributed by atoms with van der Waals surface area (Å²) in [5.74, 6) is -1.22. The summed E-state index contributed by atoms with van der Waals surface area (Å²) >= 11 is 0. The number of carbonyl (C=O) groups excluding carboxylic acids is 1. The molecule has 5 nitrogen and oxygen atoms in total. The summed E-state index contributed by atoms with van der Waals surface area (Å²) < 4.78 is 0. The molecule has 1 heterocycles. The lowest BCUT2D eigenvalue weighted by molar-refractivity contribution is 0.0745. The van der Waals surface area contributed by atoms with Crippen molar-refractivity contribution in [3.63, 3.8) is 0 Å². The van der Waals surface area contributed by atoms with Crippen LogP contribution in [0.1, 0.15) is 27.0 Å². The van der Waals surface area contributed by atoms with Gasteiger partial charge in [-0.3, -0.25) is 4.79 Å². The quantitative estimate of drug-likeness (QED) is 0.838. The van der Waals surface area contributed by atoms with Crippen LogP contribution in [0, 0.1) is 11.3 Å². The third-order valence-electron chi connectivity index (χ3n) is 3.57. The minimum Gasteiger partial charge on any atom is -0.507 e. The van der Waals surface area contributed by atoms with Gasteiger partial charge in [0.25, 0.3) is 5.91 Å². The molecule has 2 N–H and O–H groups in total. The first-order chi connectivity index (χ1) is 10.1. The van der Waals surface area contributed by atoms with Crippen LogP contribution in [0.15, 0.2) is 36.4 Å². The number of hydrogen-bond acceptors (Lipinski definition) is 4. The second-order valence-electron chi connectivity index (χ2n) is 4.93. The molecule has 2 aromatic rings. The fourth-order valence-corrected chi connectivity index (χ4v) is 2.53. The van der Waals surface area contributed by atoms with Crippen LogP contribution in [-0.4, -0.2) is 21.0 Å². The lowest BCUT2D eigenvalue weighted by Gasteiger charge is -2.17. The number of nitriles is 1. The van der Waals surface area contributed by atoms with Gasteiger partial charge in [-0.05, 0) is 23.3 Å². The average Bonchev–Trinajstić information content (AvgIpc) is 2.90. The number of carbonyl (C=O) groups is 1. The van der Waals surface area contributed by atoms with Gasteiger partial charge in [0.05, 0.1) is 11.6 Å². The summed E-state index contributed by atoms with van der Waals surface area (Å²) in [4.78, 5) is 14.0. The van der Waals surface area contributed by atoms with E-state index in [9.17, 15) is 15.0 Å². The predicted octanol–water partition coefficient (Wildman–Crippen LogP) is 2.13. The number of amides is 1. The Morgan fingerprint density at radius 1 is 1.10 bits per heavy atom. The number of fused-ring (bicyclic) bond motifs is 1. The zero-order chi connectivity index (χ0) is 15.0. The fraction of sp³-hybridized carbons (Fsp3) is 0.125. The fourth-order valence-electron chi connectivity index (χ4n) is 2.53. The van der Waals surface area contributed by atoms with E-state index < -0.39 is 5.91 Å². The molecule has 5 heteroatoms. The van der Waals surface area contributed by atoms with Crippen LogP contribution in [0.4, 0.5) is 0 Å². The Morgan fingerprint density at radius 2 is 1.62 bits per heavy atom. The Morgan fingerprint density at radius 3 is 2.10 bits per heavy atom. The highest BCUT2D eigenvalue weighted by atomic mass is 16.3. The molecule has 21 heavy (non-hydrogen) atoms. The molecule has 0 aliphatic carbocycles. The number of phenolic OH excluding ortho intramolecular Hbond substituents is 2. The zero-order valence-corrected chi connectivity index (χ0v) is 11.1. The smallest absolute Gasteiger partial charge is 0.262 e. The summed E-state index contributed by atoms with van der Waals surface area (Å²) in [6, 6.07) is 11.9. The Labute approximate surface area is 121 Å². The van der Waals surface area contributed by atoms with Gasteiger partial charge < -0.3 is 15.1 Å². The Bertz CT molecular complexity index is 729. The van der Waals surface area contributed by atoms with Crippen LogP contribution in [-0.2, 0) is 13.1 Å². The van der Waals surface area contributed by atoms with Gasteiger partial charge in [-0.25, -0.2) is 0 Å². The van der Waals surface area contributed by atoms with Crippen molar-refractivity contribution >= 4 is 5.91 Å². The maximum absolute atomic E-state index is 12.5. The van der Waals surface area contributed by atoms with Crippen molar-refractivity contribution in [2.24, 2.45) is 0 Å². The van der Waals surface area contributed by atoms with Gasteiger partial charge in [-0.1, -0.05) is 24.3 Å². The highest BCUT2D eigenvalue weighted by molar-refractivity contribution is 6.00. The van der Waals surface area contributed by atoms with E-state index in [0.29, 0.717) is 13.1 Å². The van der Waals surface area contributed by atoms with Crippen molar-refractivity contribution in [3.05, 3.63) is 58.7 Å². The first-order valence-electron chi connectivity index (χ1n) is 6.42. The van der Waals surface area contributed by atoms with Crippen LogP contribution in [0.3, 0.4) is 0 Å². The molecular weight excluding hydrogens is 268 g/mol. The van der Waals surface area contributed by atoms with E-state index in [4.69, 9.17) is 5.26 Å². The van der Waals surface area contributed by atoms with Crippen molar-refractivity contribution in [2.75, 3.05) is 0 Å². The van der Waals surface area contributed by atoms with Crippen LogP contribution in [0.25, 0.3) is 0 Å². The Kier molecular flexibility index (Phi) is 2.99. The summed E-state index contributed by atoms with van der Waals surface area (Å²) in [7, 11) is 0. The Balaban J connectivity index is 1.93. The van der Waals surface area contributed by atoms with Crippen molar-refractivity contribution in [1.29, 1.82) is 5.26 Å². The van der Waals surface area contributed by atoms with Crippen LogP contribution in [0.5, 0.6) is 11.5 Å². The van der Waals surface area contributed by atoms with Crippen LogP contribution in [0.2, 0.25) is 0 Å². The van der Waals surface area contributed by atoms with Crippen molar-refractivity contribution < 1.29 is 15.0 Å². The molecule has 1 amide bonds. The molecule has 1 aliphatic rings. The molecule has 0 radical (unpaired) electrons. The highest BCUT2D eigenvalue weighted by Gasteiger charge is 2.28. The van der Waals surface area contributed by atoms with Gasteiger partial charge in [-0.15, -0.1) is 0 Å². The van der Waals surface area contributed by atoms with Crippen molar-refractivity contribution in [1.82, 2.24) is 4.90 Å². The second-order valence-corrected chi connectivity index (χ2v) is 4.93. The molecule has 0 atom stereocenters. The number of benzene rings is 2. The second kappa shape index (κ2) is 4.84. The maximum Gasteiger partial charge on any atom is 0.262 e. The van der Waals surface area contributed by atoms with Crippen molar-refractivity contribution in [2.45, 2.75) is 13.1 Å². The summed E-state index contributed by atoms with van der Waals surface area (Å²) in [5.41, 5.74) is 2.05. The van der Waals surface area contributed by atoms with E-state index in [-0.39, 0.29) is 22.6 Å². The molecule has 1 aliphatic heterocycles. The number of rotatable bonds is 1. The lowest BCUT2D eigenvalue weighted by Crippen LogP contribution is -2.25. The van der Waals surface area contributed by atoms with E-state index in [0.717, 1.165) is 11.1 Å². The van der Waals surface area contributed by atoms with E-state index in [1.54, 1.807) is 4.90 Å². The first-order valence-corrected chi connectivity index (χ1v) is 6.42. The van der Waals surface area contributed by atoms with Crippen molar-refractivity contribution in [3.8, 4) is 17.6 Å². The molecule has 3 rings (SSSR count). The Hall–Kier alpha value is -3.00. The molecular formula is C16H12N2O3. The third-order valence-corrected chi connectivity index (χ3v) is 3.57. The molecule has 0 saturated carbocycles. The van der Waals surface area contributed by atoms with Gasteiger partial charge >= 0.3 is 0 Å². The van der Waals surface area contributed by atoms with Gasteiger partial charge in [0.15, 0.2) is 0 Å². The number of hydrogen-bond donors (Lipinski definition) is 2. The van der Waals surface area contributed by atoms with Gasteiger partial charge in [0.2, 0.25) is 0 Å². The van der Waals surface area contributed by atoms with Gasteiger partial charge in [0.1, 0.15) is 17.1 Å². The molecule has 0 unspecified atom stereocenters. The van der Waals surface area contributed by atoms with Crippen LogP contribution < -0.4 is 0 Å². The highest BCUT2D eigenvalue weighted by Crippen LogP contribution is 2.32. The number of aromatic hydroxyl groups is 2. The molecule has 0 spiro atoms. The molecule has 104 valence electrons. The third kappa shape index (κ3) is 2.17. The number of phenols is 2. The average molecular weight is 280 g/mol. The lowest BCUT2D eigenvalue weighted by atomic mass is 10.1. The standard InChI is InChI=1S/C16H12N2O3/c17-7-10-5-13(19)15(14(20)6-10)16(21)18-8-11-3-1-2-4-12(11)9-18/h1-6,19-20H,8-9H2. The monoisotopic (exact) mass is 280 g/mol. The van der Waals surface area contributed by atoms with E-state index >= 15 is 0 Å². The van der Waals surface area contributed by atoms with E-state index in [1.807, 2.05) is 30.3 Å². The first kappa shape index (κ1) is 13.0.